The van der Waals surface area contributed by atoms with Crippen LogP contribution in [0.3, 0.4) is 0 Å². The molecule has 0 aliphatic heterocycles. The zero-order valence-corrected chi connectivity index (χ0v) is 14.2. The van der Waals surface area contributed by atoms with Gasteiger partial charge in [-0.05, 0) is 29.8 Å². The van der Waals surface area contributed by atoms with Crippen molar-refractivity contribution >= 4 is 11.8 Å². The number of aromatic nitrogens is 3. The zero-order chi connectivity index (χ0) is 16.9. The van der Waals surface area contributed by atoms with Gasteiger partial charge in [0.05, 0.1) is 5.56 Å². The molecule has 2 aromatic carbocycles. The normalized spacial score (nSPS) is 10.7. The summed E-state index contributed by atoms with van der Waals surface area (Å²) >= 11 is 1.76. The molecule has 0 saturated carbocycles. The van der Waals surface area contributed by atoms with Gasteiger partial charge in [-0.25, -0.2) is 0 Å². The molecule has 0 fully saturated rings. The molecule has 4 rings (SSSR count). The van der Waals surface area contributed by atoms with Crippen molar-refractivity contribution in [2.24, 2.45) is 0 Å². The highest BCUT2D eigenvalue weighted by Crippen LogP contribution is 2.33. The van der Waals surface area contributed by atoms with Gasteiger partial charge in [-0.1, -0.05) is 53.7 Å². The Kier molecular flexibility index (Phi) is 4.57. The fourth-order valence-electron chi connectivity index (χ4n) is 2.44. The van der Waals surface area contributed by atoms with E-state index in [-0.39, 0.29) is 0 Å². The van der Waals surface area contributed by atoms with Crippen LogP contribution in [0.15, 0.2) is 88.4 Å². The first-order chi connectivity index (χ1) is 12.4. The van der Waals surface area contributed by atoms with Gasteiger partial charge in [0.1, 0.15) is 5.69 Å². The summed E-state index contributed by atoms with van der Waals surface area (Å²) in [5, 5.41) is 4.06. The standard InChI is InChI=1S/C20H15N3OS/c1-2-8-15(9-3-1)14-25-18-12-5-4-10-16(18)20-22-19(23-24-20)17-11-6-7-13-21-17/h1-13H,14H2. The Labute approximate surface area is 149 Å². The average molecular weight is 345 g/mol. The Morgan fingerprint density at radius 1 is 0.840 bits per heavy atom. The summed E-state index contributed by atoms with van der Waals surface area (Å²) in [4.78, 5) is 9.89. The SMILES string of the molecule is c1ccc(CSc2ccccc2-c2nc(-c3ccccn3)no2)cc1. The molecule has 122 valence electrons. The zero-order valence-electron chi connectivity index (χ0n) is 13.4. The Morgan fingerprint density at radius 2 is 1.64 bits per heavy atom. The van der Waals surface area contributed by atoms with Crippen molar-refractivity contribution in [1.29, 1.82) is 0 Å². The van der Waals surface area contributed by atoms with E-state index >= 15 is 0 Å². The number of nitrogens with zero attached hydrogens (tertiary/aromatic N) is 3. The van der Waals surface area contributed by atoms with E-state index in [1.54, 1.807) is 18.0 Å². The van der Waals surface area contributed by atoms with Crippen LogP contribution in [0.4, 0.5) is 0 Å². The van der Waals surface area contributed by atoms with E-state index in [1.165, 1.54) is 5.56 Å². The smallest absolute Gasteiger partial charge is 0.259 e. The minimum atomic E-state index is 0.499. The van der Waals surface area contributed by atoms with Crippen LogP contribution in [-0.2, 0) is 5.75 Å². The molecule has 5 heteroatoms. The Hall–Kier alpha value is -2.92. The first-order valence-corrected chi connectivity index (χ1v) is 8.90. The summed E-state index contributed by atoms with van der Waals surface area (Å²) in [6.07, 6.45) is 1.72. The van der Waals surface area contributed by atoms with Gasteiger partial charge in [0, 0.05) is 16.8 Å². The Bertz CT molecular complexity index is 955. The largest absolute Gasteiger partial charge is 0.334 e. The predicted molar refractivity (Wildman–Crippen MR) is 99.0 cm³/mol. The first kappa shape index (κ1) is 15.6. The second kappa shape index (κ2) is 7.32. The highest BCUT2D eigenvalue weighted by atomic mass is 32.2. The third-order valence-corrected chi connectivity index (χ3v) is 4.82. The lowest BCUT2D eigenvalue weighted by Crippen LogP contribution is -1.86. The number of hydrogen-bond acceptors (Lipinski definition) is 5. The second-order valence-electron chi connectivity index (χ2n) is 5.41. The molecule has 4 aromatic rings. The molecule has 4 nitrogen and oxygen atoms in total. The maximum absolute atomic E-state index is 5.48. The van der Waals surface area contributed by atoms with Crippen LogP contribution < -0.4 is 0 Å². The number of hydrogen-bond donors (Lipinski definition) is 0. The van der Waals surface area contributed by atoms with Crippen LogP contribution in [0.25, 0.3) is 23.0 Å². The van der Waals surface area contributed by atoms with Crippen molar-refractivity contribution in [2.75, 3.05) is 0 Å². The van der Waals surface area contributed by atoms with E-state index in [0.29, 0.717) is 17.4 Å². The van der Waals surface area contributed by atoms with E-state index in [1.807, 2.05) is 42.5 Å². The molecule has 2 aromatic heterocycles. The molecule has 0 radical (unpaired) electrons. The molecule has 2 heterocycles. The lowest BCUT2D eigenvalue weighted by Gasteiger charge is -2.05. The van der Waals surface area contributed by atoms with Gasteiger partial charge < -0.3 is 4.52 Å². The molecule has 0 aliphatic carbocycles. The Balaban J connectivity index is 1.60. The molecule has 0 N–H and O–H groups in total. The summed E-state index contributed by atoms with van der Waals surface area (Å²) < 4.78 is 5.48. The third kappa shape index (κ3) is 3.61. The molecule has 0 saturated heterocycles. The van der Waals surface area contributed by atoms with Crippen molar-refractivity contribution < 1.29 is 4.52 Å². The van der Waals surface area contributed by atoms with E-state index < -0.39 is 0 Å². The topological polar surface area (TPSA) is 51.8 Å². The van der Waals surface area contributed by atoms with Crippen LogP contribution in [-0.4, -0.2) is 15.1 Å². The number of rotatable bonds is 5. The lowest BCUT2D eigenvalue weighted by molar-refractivity contribution is 0.431. The number of thioether (sulfide) groups is 1. The van der Waals surface area contributed by atoms with Gasteiger partial charge in [0.2, 0.25) is 5.82 Å². The lowest BCUT2D eigenvalue weighted by atomic mass is 10.2. The number of benzene rings is 2. The molecular formula is C20H15N3OS. The predicted octanol–water partition coefficient (Wildman–Crippen LogP) is 5.09. The van der Waals surface area contributed by atoms with Crippen molar-refractivity contribution in [1.82, 2.24) is 15.1 Å². The molecular weight excluding hydrogens is 330 g/mol. The minimum Gasteiger partial charge on any atom is -0.334 e. The van der Waals surface area contributed by atoms with Gasteiger partial charge in [0.15, 0.2) is 0 Å². The van der Waals surface area contributed by atoms with Crippen LogP contribution in [0, 0.1) is 0 Å². The van der Waals surface area contributed by atoms with Crippen LogP contribution in [0.5, 0.6) is 0 Å². The van der Waals surface area contributed by atoms with Gasteiger partial charge in [-0.15, -0.1) is 11.8 Å². The summed E-state index contributed by atoms with van der Waals surface area (Å²) in [7, 11) is 0. The van der Waals surface area contributed by atoms with Gasteiger partial charge in [-0.3, -0.25) is 4.98 Å². The summed E-state index contributed by atoms with van der Waals surface area (Å²) in [5.41, 5.74) is 2.92. The van der Waals surface area contributed by atoms with Crippen LogP contribution >= 0.6 is 11.8 Å². The quantitative estimate of drug-likeness (QED) is 0.472. The molecule has 25 heavy (non-hydrogen) atoms. The van der Waals surface area contributed by atoms with Crippen LogP contribution in [0.1, 0.15) is 5.56 Å². The fraction of sp³-hybridized carbons (Fsp3) is 0.0500. The number of pyridine rings is 1. The van der Waals surface area contributed by atoms with E-state index in [2.05, 4.69) is 45.5 Å². The minimum absolute atomic E-state index is 0.499. The summed E-state index contributed by atoms with van der Waals surface area (Å²) in [6, 6.07) is 24.1. The summed E-state index contributed by atoms with van der Waals surface area (Å²) in [6.45, 7) is 0. The highest BCUT2D eigenvalue weighted by Gasteiger charge is 2.14. The van der Waals surface area contributed by atoms with Crippen molar-refractivity contribution in [3.05, 3.63) is 84.6 Å². The van der Waals surface area contributed by atoms with Crippen molar-refractivity contribution in [3.63, 3.8) is 0 Å². The molecule has 0 amide bonds. The molecule has 0 spiro atoms. The highest BCUT2D eigenvalue weighted by molar-refractivity contribution is 7.98. The molecule has 0 bridgehead atoms. The van der Waals surface area contributed by atoms with Crippen molar-refractivity contribution in [3.8, 4) is 23.0 Å². The van der Waals surface area contributed by atoms with E-state index in [9.17, 15) is 0 Å². The second-order valence-corrected chi connectivity index (χ2v) is 6.43. The van der Waals surface area contributed by atoms with Gasteiger partial charge >= 0.3 is 0 Å². The summed E-state index contributed by atoms with van der Waals surface area (Å²) in [5.74, 6) is 1.90. The fourth-order valence-corrected chi connectivity index (χ4v) is 3.44. The Morgan fingerprint density at radius 3 is 2.48 bits per heavy atom. The van der Waals surface area contributed by atoms with E-state index in [4.69, 9.17) is 4.52 Å². The van der Waals surface area contributed by atoms with Gasteiger partial charge in [0.25, 0.3) is 5.89 Å². The maximum atomic E-state index is 5.48. The monoisotopic (exact) mass is 345 g/mol. The maximum Gasteiger partial charge on any atom is 0.259 e. The third-order valence-electron chi connectivity index (χ3n) is 3.67. The van der Waals surface area contributed by atoms with E-state index in [0.717, 1.165) is 16.2 Å². The first-order valence-electron chi connectivity index (χ1n) is 7.91. The average Bonchev–Trinajstić information content (AvgIpc) is 3.18. The molecule has 0 unspecified atom stereocenters. The molecule has 0 aliphatic rings. The van der Waals surface area contributed by atoms with Crippen LogP contribution in [0.2, 0.25) is 0 Å². The molecule has 0 atom stereocenters. The van der Waals surface area contributed by atoms with Gasteiger partial charge in [-0.2, -0.15) is 4.98 Å². The van der Waals surface area contributed by atoms with Crippen molar-refractivity contribution in [2.45, 2.75) is 10.6 Å².